The molecule has 0 amide bonds. The van der Waals surface area contributed by atoms with Crippen LogP contribution in [-0.4, -0.2) is 59.1 Å². The van der Waals surface area contributed by atoms with E-state index < -0.39 is 10.0 Å². The highest BCUT2D eigenvalue weighted by Crippen LogP contribution is 2.41. The van der Waals surface area contributed by atoms with Crippen molar-refractivity contribution in [1.82, 2.24) is 9.62 Å². The number of hydrogen-bond acceptors (Lipinski definition) is 6. The SMILES string of the molecule is COc1cc(N)c(Cl)cc1C(CC=O)C1CCN(CCNS(C)(=O)=O)CC1. The third kappa shape index (κ3) is 6.34. The van der Waals surface area contributed by atoms with Crippen molar-refractivity contribution in [2.24, 2.45) is 5.92 Å². The van der Waals surface area contributed by atoms with Crippen LogP contribution in [0.1, 0.15) is 30.7 Å². The lowest BCUT2D eigenvalue weighted by atomic mass is 9.78. The van der Waals surface area contributed by atoms with Gasteiger partial charge in [-0.1, -0.05) is 11.6 Å². The topological polar surface area (TPSA) is 102 Å². The summed E-state index contributed by atoms with van der Waals surface area (Å²) >= 11 is 6.21. The maximum atomic E-state index is 11.3. The monoisotopic (exact) mass is 417 g/mol. The van der Waals surface area contributed by atoms with E-state index in [1.54, 1.807) is 13.2 Å². The molecule has 0 bridgehead atoms. The summed E-state index contributed by atoms with van der Waals surface area (Å²) in [4.78, 5) is 13.5. The average Bonchev–Trinajstić information content (AvgIpc) is 2.61. The van der Waals surface area contributed by atoms with Gasteiger partial charge in [-0.2, -0.15) is 0 Å². The molecule has 1 unspecified atom stereocenters. The second kappa shape index (κ2) is 9.73. The van der Waals surface area contributed by atoms with Gasteiger partial charge in [-0.15, -0.1) is 0 Å². The zero-order valence-corrected chi connectivity index (χ0v) is 17.4. The van der Waals surface area contributed by atoms with Crippen LogP contribution in [0.2, 0.25) is 5.02 Å². The van der Waals surface area contributed by atoms with Gasteiger partial charge in [0.15, 0.2) is 0 Å². The summed E-state index contributed by atoms with van der Waals surface area (Å²) in [6, 6.07) is 3.52. The molecule has 1 saturated heterocycles. The zero-order valence-electron chi connectivity index (χ0n) is 15.8. The normalized spacial score (nSPS) is 17.6. The van der Waals surface area contributed by atoms with Crippen molar-refractivity contribution >= 4 is 33.6 Å². The highest BCUT2D eigenvalue weighted by Gasteiger charge is 2.29. The number of benzene rings is 1. The summed E-state index contributed by atoms with van der Waals surface area (Å²) in [5.74, 6) is 0.998. The molecule has 27 heavy (non-hydrogen) atoms. The van der Waals surface area contributed by atoms with E-state index in [1.807, 2.05) is 6.07 Å². The Morgan fingerprint density at radius 2 is 2.07 bits per heavy atom. The first-order valence-corrected chi connectivity index (χ1v) is 11.3. The van der Waals surface area contributed by atoms with Crippen LogP contribution in [0.4, 0.5) is 5.69 Å². The van der Waals surface area contributed by atoms with Crippen molar-refractivity contribution in [2.45, 2.75) is 25.2 Å². The summed E-state index contributed by atoms with van der Waals surface area (Å²) in [6.07, 6.45) is 4.34. The molecule has 1 aliphatic heterocycles. The fourth-order valence-corrected chi connectivity index (χ4v) is 4.33. The number of nitrogens with one attached hydrogen (secondary N) is 1. The molecule has 1 heterocycles. The number of piperidine rings is 1. The molecule has 1 atom stereocenters. The minimum Gasteiger partial charge on any atom is -0.496 e. The molecule has 1 aromatic rings. The number of methoxy groups -OCH3 is 1. The van der Waals surface area contributed by atoms with Crippen LogP contribution in [0.5, 0.6) is 5.75 Å². The number of rotatable bonds is 9. The number of carbonyl (C=O) groups is 1. The first kappa shape index (κ1) is 21.9. The van der Waals surface area contributed by atoms with Gasteiger partial charge in [0.25, 0.3) is 0 Å². The van der Waals surface area contributed by atoms with E-state index in [1.165, 1.54) is 0 Å². The van der Waals surface area contributed by atoms with E-state index in [9.17, 15) is 13.2 Å². The van der Waals surface area contributed by atoms with Gasteiger partial charge >= 0.3 is 0 Å². The number of nitrogens with zero attached hydrogens (tertiary/aromatic N) is 1. The van der Waals surface area contributed by atoms with Gasteiger partial charge < -0.3 is 20.2 Å². The van der Waals surface area contributed by atoms with Crippen molar-refractivity contribution in [3.8, 4) is 5.75 Å². The molecule has 1 aromatic carbocycles. The molecule has 1 fully saturated rings. The summed E-state index contributed by atoms with van der Waals surface area (Å²) in [5.41, 5.74) is 7.25. The Morgan fingerprint density at radius 3 is 2.63 bits per heavy atom. The zero-order chi connectivity index (χ0) is 20.0. The van der Waals surface area contributed by atoms with Crippen molar-refractivity contribution in [3.63, 3.8) is 0 Å². The van der Waals surface area contributed by atoms with Gasteiger partial charge in [0.2, 0.25) is 10.0 Å². The second-order valence-electron chi connectivity index (χ2n) is 6.97. The number of nitrogens with two attached hydrogens (primary N) is 1. The predicted octanol–water partition coefficient (Wildman–Crippen LogP) is 1.86. The summed E-state index contributed by atoms with van der Waals surface area (Å²) in [7, 11) is -1.58. The van der Waals surface area contributed by atoms with E-state index in [0.29, 0.717) is 41.9 Å². The number of sulfonamides is 1. The smallest absolute Gasteiger partial charge is 0.208 e. The number of ether oxygens (including phenoxy) is 1. The van der Waals surface area contributed by atoms with Crippen molar-refractivity contribution in [1.29, 1.82) is 0 Å². The maximum absolute atomic E-state index is 11.3. The first-order chi connectivity index (χ1) is 12.7. The van der Waals surface area contributed by atoms with Crippen molar-refractivity contribution in [2.75, 3.05) is 45.3 Å². The molecule has 7 nitrogen and oxygen atoms in total. The fraction of sp³-hybridized carbons (Fsp3) is 0.611. The van der Waals surface area contributed by atoms with E-state index in [4.69, 9.17) is 22.1 Å². The van der Waals surface area contributed by atoms with Crippen LogP contribution in [0, 0.1) is 5.92 Å². The number of nitrogen functional groups attached to an aromatic ring is 1. The lowest BCUT2D eigenvalue weighted by molar-refractivity contribution is -0.108. The molecule has 0 radical (unpaired) electrons. The van der Waals surface area contributed by atoms with E-state index >= 15 is 0 Å². The number of hydrogen-bond donors (Lipinski definition) is 2. The maximum Gasteiger partial charge on any atom is 0.208 e. The number of aldehydes is 1. The van der Waals surface area contributed by atoms with E-state index in [0.717, 1.165) is 44.0 Å². The standard InChI is InChI=1S/C18H28ClN3O4S/c1-26-18-12-17(20)16(19)11-15(18)14(5-10-23)13-3-7-22(8-4-13)9-6-21-27(2,24)25/h10-14,21H,3-9,20H2,1-2H3. The molecule has 9 heteroatoms. The van der Waals surface area contributed by atoms with Gasteiger partial charge in [-0.05, 0) is 49.4 Å². The lowest BCUT2D eigenvalue weighted by Gasteiger charge is -2.36. The quantitative estimate of drug-likeness (QED) is 0.469. The molecule has 0 spiro atoms. The molecule has 0 saturated carbocycles. The minimum atomic E-state index is -3.16. The molecule has 2 rings (SSSR count). The predicted molar refractivity (Wildman–Crippen MR) is 108 cm³/mol. The van der Waals surface area contributed by atoms with E-state index in [2.05, 4.69) is 9.62 Å². The van der Waals surface area contributed by atoms with Gasteiger partial charge in [-0.25, -0.2) is 13.1 Å². The summed E-state index contributed by atoms with van der Waals surface area (Å²) in [6.45, 7) is 2.80. The Labute approximate surface area is 166 Å². The second-order valence-corrected chi connectivity index (χ2v) is 9.21. The van der Waals surface area contributed by atoms with Crippen LogP contribution < -0.4 is 15.2 Å². The van der Waals surface area contributed by atoms with Gasteiger partial charge in [-0.3, -0.25) is 0 Å². The van der Waals surface area contributed by atoms with Crippen molar-refractivity contribution in [3.05, 3.63) is 22.7 Å². The Balaban J connectivity index is 2.05. The molecule has 0 aliphatic carbocycles. The van der Waals surface area contributed by atoms with Crippen molar-refractivity contribution < 1.29 is 17.9 Å². The Kier molecular flexibility index (Phi) is 7.91. The van der Waals surface area contributed by atoms with Crippen LogP contribution in [-0.2, 0) is 14.8 Å². The average molecular weight is 418 g/mol. The third-order valence-electron chi connectivity index (χ3n) is 5.09. The third-order valence-corrected chi connectivity index (χ3v) is 6.15. The molecule has 1 aliphatic rings. The Morgan fingerprint density at radius 1 is 1.41 bits per heavy atom. The van der Waals surface area contributed by atoms with E-state index in [-0.39, 0.29) is 5.92 Å². The Hall–Kier alpha value is -1.35. The number of halogens is 1. The highest BCUT2D eigenvalue weighted by molar-refractivity contribution is 7.88. The molecule has 152 valence electrons. The minimum absolute atomic E-state index is 0.0202. The van der Waals surface area contributed by atoms with Crippen LogP contribution in [0.15, 0.2) is 12.1 Å². The largest absolute Gasteiger partial charge is 0.496 e. The summed E-state index contributed by atoms with van der Waals surface area (Å²) in [5, 5.41) is 0.464. The summed E-state index contributed by atoms with van der Waals surface area (Å²) < 4.78 is 30.3. The lowest BCUT2D eigenvalue weighted by Crippen LogP contribution is -2.40. The van der Waals surface area contributed by atoms with Crippen LogP contribution >= 0.6 is 11.6 Å². The fourth-order valence-electron chi connectivity index (χ4n) is 3.70. The highest BCUT2D eigenvalue weighted by atomic mass is 35.5. The molecule has 3 N–H and O–H groups in total. The van der Waals surface area contributed by atoms with Crippen LogP contribution in [0.3, 0.4) is 0 Å². The first-order valence-electron chi connectivity index (χ1n) is 8.98. The van der Waals surface area contributed by atoms with Gasteiger partial charge in [0, 0.05) is 25.6 Å². The van der Waals surface area contributed by atoms with Gasteiger partial charge in [0.1, 0.15) is 12.0 Å². The number of carbonyl (C=O) groups excluding carboxylic acids is 1. The Bertz CT molecular complexity index is 749. The molecular formula is C18H28ClN3O4S. The van der Waals surface area contributed by atoms with Gasteiger partial charge in [0.05, 0.1) is 24.1 Å². The molecular weight excluding hydrogens is 390 g/mol. The number of likely N-dealkylation sites (tertiary alicyclic amines) is 1. The number of anilines is 1. The molecule has 0 aromatic heterocycles. The van der Waals surface area contributed by atoms with Crippen LogP contribution in [0.25, 0.3) is 0 Å².